The molecule has 0 spiro atoms. The van der Waals surface area contributed by atoms with Crippen LogP contribution < -0.4 is 25.0 Å². The number of aromatic hydroxyl groups is 1. The van der Waals surface area contributed by atoms with E-state index in [1.807, 2.05) is 24.3 Å². The third-order valence-electron chi connectivity index (χ3n) is 5.39. The van der Waals surface area contributed by atoms with Crippen molar-refractivity contribution in [3.8, 4) is 28.5 Å². The Kier molecular flexibility index (Phi) is 6.55. The first kappa shape index (κ1) is 22.0. The fourth-order valence-corrected chi connectivity index (χ4v) is 4.62. The van der Waals surface area contributed by atoms with E-state index in [0.717, 1.165) is 41.8 Å². The molecule has 0 saturated carbocycles. The lowest BCUT2D eigenvalue weighted by atomic mass is 10.0. The second-order valence-electron chi connectivity index (χ2n) is 7.47. The van der Waals surface area contributed by atoms with Gasteiger partial charge in [0.2, 0.25) is 10.9 Å². The van der Waals surface area contributed by atoms with E-state index in [1.165, 1.54) is 26.0 Å². The Balaban J connectivity index is 1.84. The van der Waals surface area contributed by atoms with E-state index < -0.39 is 6.17 Å². The van der Waals surface area contributed by atoms with Crippen molar-refractivity contribution in [3.05, 3.63) is 52.3 Å². The normalized spacial score (nSPS) is 14.3. The lowest BCUT2D eigenvalue weighted by Crippen LogP contribution is -2.55. The van der Waals surface area contributed by atoms with Crippen LogP contribution in [0.25, 0.3) is 11.3 Å². The fraction of sp³-hybridized carbons (Fsp3) is 0.348. The van der Waals surface area contributed by atoms with E-state index in [4.69, 9.17) is 14.6 Å². The van der Waals surface area contributed by atoms with Crippen LogP contribution in [0.4, 0.5) is 5.69 Å². The number of nitrogens with one attached hydrogen (secondary N) is 2. The van der Waals surface area contributed by atoms with Gasteiger partial charge in [0.05, 0.1) is 31.0 Å². The number of aromatic nitrogens is 3. The summed E-state index contributed by atoms with van der Waals surface area (Å²) >= 11 is 1.54. The summed E-state index contributed by atoms with van der Waals surface area (Å²) < 4.78 is 12.4. The number of phenols is 1. The summed E-state index contributed by atoms with van der Waals surface area (Å²) in [6.45, 7) is 2.16. The summed E-state index contributed by atoms with van der Waals surface area (Å²) in [5.74, 6) is 1.36. The number of hydrogen-bond acceptors (Lipinski definition) is 7. The molecule has 168 valence electrons. The summed E-state index contributed by atoms with van der Waals surface area (Å²) in [5.41, 5.74) is 2.59. The number of benzene rings is 2. The molecule has 0 amide bonds. The largest absolute Gasteiger partial charge is 0.502 e. The molecule has 9 heteroatoms. The molecule has 8 nitrogen and oxygen atoms in total. The highest BCUT2D eigenvalue weighted by atomic mass is 32.2. The minimum absolute atomic E-state index is 0.0776. The van der Waals surface area contributed by atoms with Crippen LogP contribution in [0.2, 0.25) is 0 Å². The monoisotopic (exact) mass is 455 g/mol. The molecule has 4 rings (SSSR count). The van der Waals surface area contributed by atoms with Gasteiger partial charge in [-0.05, 0) is 35.4 Å². The molecule has 1 atom stereocenters. The number of ether oxygens (including phenoxy) is 2. The Morgan fingerprint density at radius 2 is 1.88 bits per heavy atom. The third kappa shape index (κ3) is 4.12. The summed E-state index contributed by atoms with van der Waals surface area (Å²) in [6.07, 6.45) is 2.83. The quantitative estimate of drug-likeness (QED) is 0.270. The van der Waals surface area contributed by atoms with Gasteiger partial charge in [0, 0.05) is 10.9 Å². The Bertz CT molecular complexity index is 1160. The minimum Gasteiger partial charge on any atom is -0.502 e. The Morgan fingerprint density at radius 3 is 2.56 bits per heavy atom. The number of H-pyrrole nitrogens is 1. The van der Waals surface area contributed by atoms with Crippen molar-refractivity contribution in [2.24, 2.45) is 0 Å². The van der Waals surface area contributed by atoms with Gasteiger partial charge in [-0.3, -0.25) is 9.78 Å². The van der Waals surface area contributed by atoms with Crippen LogP contribution in [-0.4, -0.2) is 35.2 Å². The molecule has 0 aliphatic carbocycles. The number of para-hydroxylation sites is 1. The van der Waals surface area contributed by atoms with Gasteiger partial charge in [-0.15, -0.1) is 0 Å². The highest BCUT2D eigenvalue weighted by Crippen LogP contribution is 2.40. The third-order valence-corrected chi connectivity index (χ3v) is 6.34. The van der Waals surface area contributed by atoms with Gasteiger partial charge in [-0.25, -0.2) is 0 Å². The second-order valence-corrected chi connectivity index (χ2v) is 8.56. The number of methoxy groups -OCH3 is 2. The van der Waals surface area contributed by atoms with Crippen molar-refractivity contribution in [3.63, 3.8) is 0 Å². The summed E-state index contributed by atoms with van der Waals surface area (Å²) in [7, 11) is 2.97. The molecular weight excluding hydrogens is 428 g/mol. The predicted octanol–water partition coefficient (Wildman–Crippen LogP) is 3.70. The average Bonchev–Trinajstić information content (AvgIpc) is 2.81. The Morgan fingerprint density at radius 1 is 1.16 bits per heavy atom. The number of nitrogens with zero attached hydrogens (tertiary/aromatic N) is 2. The van der Waals surface area contributed by atoms with Gasteiger partial charge in [-0.1, -0.05) is 43.7 Å². The predicted molar refractivity (Wildman–Crippen MR) is 124 cm³/mol. The number of thioether (sulfide) groups is 1. The molecule has 1 aliphatic heterocycles. The number of fused-ring (bicyclic) bond motifs is 3. The molecule has 2 heterocycles. The van der Waals surface area contributed by atoms with Crippen LogP contribution in [0.5, 0.6) is 17.2 Å². The van der Waals surface area contributed by atoms with E-state index in [1.54, 1.807) is 16.8 Å². The number of phenolic OH excluding ortho intramolecular Hbond substituents is 1. The number of hydrogen-bond donors (Lipinski definition) is 3. The maximum atomic E-state index is 13.2. The van der Waals surface area contributed by atoms with E-state index >= 15 is 0 Å². The second kappa shape index (κ2) is 9.52. The molecule has 0 radical (unpaired) electrons. The maximum Gasteiger partial charge on any atom is 0.325 e. The van der Waals surface area contributed by atoms with E-state index in [0.29, 0.717) is 10.9 Å². The first-order valence-electron chi connectivity index (χ1n) is 10.6. The topological polar surface area (TPSA) is 100 Å². The lowest BCUT2D eigenvalue weighted by molar-refractivity contribution is -0.759. The van der Waals surface area contributed by atoms with Gasteiger partial charge in [0.1, 0.15) is 0 Å². The van der Waals surface area contributed by atoms with E-state index in [9.17, 15) is 9.90 Å². The average molecular weight is 456 g/mol. The number of unbranched alkanes of at least 4 members (excludes halogenated alkanes) is 2. The molecule has 0 unspecified atom stereocenters. The van der Waals surface area contributed by atoms with Crippen molar-refractivity contribution in [1.82, 2.24) is 10.1 Å². The van der Waals surface area contributed by atoms with E-state index in [-0.39, 0.29) is 22.8 Å². The molecule has 1 aromatic heterocycles. The maximum absolute atomic E-state index is 13.2. The van der Waals surface area contributed by atoms with Crippen LogP contribution in [0, 0.1) is 0 Å². The van der Waals surface area contributed by atoms with Gasteiger partial charge in [0.15, 0.2) is 11.5 Å². The standard InChI is InChI=1S/C23H26N4O4S/c1-4-5-8-11-32-23-25-22(29)19-15-9-6-7-10-16(15)24-21(27(19)26-23)14-12-17(30-2)20(28)18(13-14)31-3/h6-7,9-10,12-13,21H,4-5,8,11H2,1-3H3,(H2,25,26,28,29)/p+1/t21-/m1/s1. The smallest absolute Gasteiger partial charge is 0.325 e. The highest BCUT2D eigenvalue weighted by Gasteiger charge is 2.38. The zero-order valence-electron chi connectivity index (χ0n) is 18.3. The molecule has 1 aliphatic rings. The fourth-order valence-electron chi connectivity index (χ4n) is 3.77. The lowest BCUT2D eigenvalue weighted by Gasteiger charge is -2.23. The first-order chi connectivity index (χ1) is 15.6. The number of aromatic amines is 1. The molecule has 2 aromatic carbocycles. The van der Waals surface area contributed by atoms with Gasteiger partial charge < -0.3 is 19.9 Å². The zero-order valence-corrected chi connectivity index (χ0v) is 19.2. The van der Waals surface area contributed by atoms with Crippen LogP contribution in [-0.2, 0) is 0 Å². The summed E-state index contributed by atoms with van der Waals surface area (Å²) in [4.78, 5) is 16.1. The summed E-state index contributed by atoms with van der Waals surface area (Å²) in [6, 6.07) is 11.1. The molecule has 3 N–H and O–H groups in total. The molecule has 0 bridgehead atoms. The molecule has 0 fully saturated rings. The first-order valence-corrected chi connectivity index (χ1v) is 11.6. The molecule has 0 saturated heterocycles. The van der Waals surface area contributed by atoms with Crippen LogP contribution in [0.3, 0.4) is 0 Å². The Hall–Kier alpha value is -3.20. The van der Waals surface area contributed by atoms with Crippen LogP contribution >= 0.6 is 11.8 Å². The molecule has 32 heavy (non-hydrogen) atoms. The van der Waals surface area contributed by atoms with E-state index in [2.05, 4.69) is 17.2 Å². The molecular formula is C23H27N4O4S+. The highest BCUT2D eigenvalue weighted by molar-refractivity contribution is 7.99. The van der Waals surface area contributed by atoms with Gasteiger partial charge >= 0.3 is 11.3 Å². The van der Waals surface area contributed by atoms with Crippen molar-refractivity contribution >= 4 is 17.4 Å². The summed E-state index contributed by atoms with van der Waals surface area (Å²) in [5, 5.41) is 19.2. The zero-order chi connectivity index (χ0) is 22.7. The van der Waals surface area contributed by atoms with Crippen LogP contribution in [0.15, 0.2) is 46.3 Å². The number of anilines is 1. The van der Waals surface area contributed by atoms with Gasteiger partial charge in [-0.2, -0.15) is 0 Å². The van der Waals surface area contributed by atoms with Gasteiger partial charge in [0.25, 0.3) is 6.17 Å². The van der Waals surface area contributed by atoms with Crippen molar-refractivity contribution in [2.45, 2.75) is 37.5 Å². The SMILES string of the molecule is CCCCCSc1n[n+]2c(c(=O)[nH]1)-c1ccccc1N[C@H]2c1cc(OC)c(O)c(OC)c1. The van der Waals surface area contributed by atoms with Crippen LogP contribution in [0.1, 0.15) is 37.9 Å². The van der Waals surface area contributed by atoms with Crippen molar-refractivity contribution in [1.29, 1.82) is 0 Å². The van der Waals surface area contributed by atoms with Crippen molar-refractivity contribution in [2.75, 3.05) is 25.3 Å². The molecule has 3 aromatic rings. The minimum atomic E-state index is -0.499. The Labute approximate surface area is 190 Å². The van der Waals surface area contributed by atoms with Crippen molar-refractivity contribution < 1.29 is 19.3 Å². The number of rotatable bonds is 8.